The normalized spacial score (nSPS) is 17.5. The predicted molar refractivity (Wildman–Crippen MR) is 133 cm³/mol. The van der Waals surface area contributed by atoms with Crippen LogP contribution in [0.5, 0.6) is 5.75 Å². The summed E-state index contributed by atoms with van der Waals surface area (Å²) in [6.45, 7) is 3.85. The first-order valence-electron chi connectivity index (χ1n) is 12.1. The van der Waals surface area contributed by atoms with Gasteiger partial charge >= 0.3 is 18.4 Å². The molecule has 3 rings (SSSR count). The number of alkyl carbamates (subject to hydrolysis) is 1. The number of benzene rings is 2. The molecule has 2 atom stereocenters. The van der Waals surface area contributed by atoms with Crippen molar-refractivity contribution in [2.75, 3.05) is 29.9 Å². The number of nitrogens with zero attached hydrogens (tertiary/aromatic N) is 2. The van der Waals surface area contributed by atoms with E-state index in [-0.39, 0.29) is 18.9 Å². The standard InChI is InChI=1S/C26H26F6N4O5/c1-24(2,3)41-23(38)34-12-21(37)35-16-5-8-18(9-6-16)39-14-19-13-36(22(40-19)26(30,31)32)17-7-4-15(11-33)20(10-17)25(27,28)29/h4-10,19,22H,12-14H2,1-3H3,(H,34,38)(H,35,37)/t19-,22+/m0/s1. The molecule has 0 unspecified atom stereocenters. The molecule has 1 fully saturated rings. The Morgan fingerprint density at radius 3 is 2.29 bits per heavy atom. The molecule has 0 radical (unpaired) electrons. The minimum atomic E-state index is -4.95. The number of hydrogen-bond donors (Lipinski definition) is 2. The summed E-state index contributed by atoms with van der Waals surface area (Å²) in [6.07, 6.45) is -14.3. The van der Waals surface area contributed by atoms with Crippen molar-refractivity contribution in [3.05, 3.63) is 53.6 Å². The Bertz CT molecular complexity index is 1290. The third-order valence-electron chi connectivity index (χ3n) is 5.41. The van der Waals surface area contributed by atoms with E-state index in [1.54, 1.807) is 20.8 Å². The highest BCUT2D eigenvalue weighted by atomic mass is 19.4. The monoisotopic (exact) mass is 588 g/mol. The van der Waals surface area contributed by atoms with Gasteiger partial charge in [-0.3, -0.25) is 4.79 Å². The van der Waals surface area contributed by atoms with Crippen molar-refractivity contribution in [1.29, 1.82) is 5.26 Å². The van der Waals surface area contributed by atoms with Gasteiger partial charge in [0.05, 0.1) is 23.7 Å². The molecule has 1 saturated heterocycles. The lowest BCUT2D eigenvalue weighted by molar-refractivity contribution is -0.215. The molecule has 0 aromatic heterocycles. The number of carbonyl (C=O) groups is 2. The van der Waals surface area contributed by atoms with E-state index < -0.39 is 65.6 Å². The average Bonchev–Trinajstić information content (AvgIpc) is 3.30. The predicted octanol–water partition coefficient (Wildman–Crippen LogP) is 5.21. The van der Waals surface area contributed by atoms with E-state index in [9.17, 15) is 35.9 Å². The molecule has 2 amide bonds. The maximum Gasteiger partial charge on any atom is 0.433 e. The first-order valence-corrected chi connectivity index (χ1v) is 12.1. The summed E-state index contributed by atoms with van der Waals surface area (Å²) in [5.74, 6) is -0.322. The Labute approximate surface area is 231 Å². The summed E-state index contributed by atoms with van der Waals surface area (Å²) in [5.41, 5.74) is -2.88. The van der Waals surface area contributed by atoms with E-state index in [1.165, 1.54) is 30.3 Å². The molecule has 1 heterocycles. The number of anilines is 2. The van der Waals surface area contributed by atoms with Gasteiger partial charge in [0.25, 0.3) is 0 Å². The van der Waals surface area contributed by atoms with E-state index in [0.29, 0.717) is 16.7 Å². The zero-order valence-corrected chi connectivity index (χ0v) is 22.0. The van der Waals surface area contributed by atoms with Crippen LogP contribution in [0.2, 0.25) is 0 Å². The summed E-state index contributed by atoms with van der Waals surface area (Å²) in [5, 5.41) is 13.8. The average molecular weight is 589 g/mol. The number of ether oxygens (including phenoxy) is 3. The van der Waals surface area contributed by atoms with Crippen LogP contribution < -0.4 is 20.3 Å². The zero-order valence-electron chi connectivity index (χ0n) is 22.0. The maximum absolute atomic E-state index is 13.7. The molecule has 2 aromatic rings. The van der Waals surface area contributed by atoms with Gasteiger partial charge in [0.2, 0.25) is 12.1 Å². The van der Waals surface area contributed by atoms with E-state index >= 15 is 0 Å². The zero-order chi connectivity index (χ0) is 30.6. The van der Waals surface area contributed by atoms with Crippen molar-refractivity contribution in [2.45, 2.75) is 51.1 Å². The molecule has 2 aromatic carbocycles. The number of nitriles is 1. The molecule has 222 valence electrons. The molecule has 1 aliphatic rings. The third kappa shape index (κ3) is 8.90. The van der Waals surface area contributed by atoms with Gasteiger partial charge in [0.15, 0.2) is 0 Å². The Kier molecular flexibility index (Phi) is 9.27. The fourth-order valence-corrected chi connectivity index (χ4v) is 3.74. The fraction of sp³-hybridized carbons (Fsp3) is 0.423. The molecule has 0 spiro atoms. The van der Waals surface area contributed by atoms with Crippen molar-refractivity contribution in [3.8, 4) is 11.8 Å². The largest absolute Gasteiger partial charge is 0.491 e. The molecule has 15 heteroatoms. The van der Waals surface area contributed by atoms with Crippen LogP contribution in [0.25, 0.3) is 0 Å². The van der Waals surface area contributed by atoms with Gasteiger partial charge in [0.1, 0.15) is 30.6 Å². The first-order chi connectivity index (χ1) is 19.0. The second-order valence-corrected chi connectivity index (χ2v) is 9.88. The summed E-state index contributed by atoms with van der Waals surface area (Å²) in [7, 11) is 0. The highest BCUT2D eigenvalue weighted by Gasteiger charge is 2.51. The van der Waals surface area contributed by atoms with Crippen LogP contribution in [-0.2, 0) is 20.4 Å². The van der Waals surface area contributed by atoms with Gasteiger partial charge in [-0.25, -0.2) is 4.79 Å². The summed E-state index contributed by atoms with van der Waals surface area (Å²) in [6, 6.07) is 9.45. The molecule has 2 N–H and O–H groups in total. The number of halogens is 6. The lowest BCUT2D eigenvalue weighted by Gasteiger charge is -2.27. The minimum Gasteiger partial charge on any atom is -0.491 e. The highest BCUT2D eigenvalue weighted by molar-refractivity contribution is 5.93. The smallest absolute Gasteiger partial charge is 0.433 e. The van der Waals surface area contributed by atoms with Crippen LogP contribution in [0.3, 0.4) is 0 Å². The number of carbonyl (C=O) groups excluding carboxylic acids is 2. The van der Waals surface area contributed by atoms with Crippen molar-refractivity contribution in [1.82, 2.24) is 5.32 Å². The summed E-state index contributed by atoms with van der Waals surface area (Å²) >= 11 is 0. The van der Waals surface area contributed by atoms with Gasteiger partial charge in [-0.1, -0.05) is 0 Å². The Balaban J connectivity index is 1.60. The lowest BCUT2D eigenvalue weighted by atomic mass is 10.1. The van der Waals surface area contributed by atoms with Crippen LogP contribution >= 0.6 is 0 Å². The van der Waals surface area contributed by atoms with Crippen LogP contribution in [-0.4, -0.2) is 55.8 Å². The topological polar surface area (TPSA) is 113 Å². The second-order valence-electron chi connectivity index (χ2n) is 9.88. The number of nitrogens with one attached hydrogen (secondary N) is 2. The molecular weight excluding hydrogens is 562 g/mol. The number of alkyl halides is 6. The lowest BCUT2D eigenvalue weighted by Crippen LogP contribution is -2.42. The Morgan fingerprint density at radius 1 is 1.07 bits per heavy atom. The minimum absolute atomic E-state index is 0.221. The van der Waals surface area contributed by atoms with Crippen molar-refractivity contribution < 1.29 is 50.1 Å². The van der Waals surface area contributed by atoms with Crippen LogP contribution in [0, 0.1) is 11.3 Å². The molecule has 0 aliphatic carbocycles. The maximum atomic E-state index is 13.7. The van der Waals surface area contributed by atoms with Crippen LogP contribution in [0.4, 0.5) is 42.5 Å². The van der Waals surface area contributed by atoms with Gasteiger partial charge in [0, 0.05) is 11.4 Å². The van der Waals surface area contributed by atoms with E-state index in [1.807, 2.05) is 0 Å². The van der Waals surface area contributed by atoms with Crippen molar-refractivity contribution >= 4 is 23.4 Å². The number of amides is 2. The summed E-state index contributed by atoms with van der Waals surface area (Å²) in [4.78, 5) is 24.3. The summed E-state index contributed by atoms with van der Waals surface area (Å²) < 4.78 is 96.7. The van der Waals surface area contributed by atoms with E-state index in [2.05, 4.69) is 10.6 Å². The van der Waals surface area contributed by atoms with Crippen molar-refractivity contribution in [2.24, 2.45) is 0 Å². The van der Waals surface area contributed by atoms with Gasteiger partial charge in [-0.15, -0.1) is 0 Å². The van der Waals surface area contributed by atoms with Gasteiger partial charge in [-0.2, -0.15) is 31.6 Å². The first kappa shape index (κ1) is 31.3. The van der Waals surface area contributed by atoms with E-state index in [0.717, 1.165) is 12.1 Å². The number of rotatable bonds is 7. The molecule has 41 heavy (non-hydrogen) atoms. The van der Waals surface area contributed by atoms with Gasteiger partial charge in [-0.05, 0) is 63.2 Å². The Hall–Kier alpha value is -4.19. The second kappa shape index (κ2) is 12.1. The van der Waals surface area contributed by atoms with E-state index in [4.69, 9.17) is 19.5 Å². The quantitative estimate of drug-likeness (QED) is 0.427. The number of hydrogen-bond acceptors (Lipinski definition) is 7. The SMILES string of the molecule is CC(C)(C)OC(=O)NCC(=O)Nc1ccc(OC[C@@H]2CN(c3ccc(C#N)c(C(F)(F)F)c3)[C@@H](C(F)(F)F)O2)cc1. The fourth-order valence-electron chi connectivity index (χ4n) is 3.74. The molecule has 0 bridgehead atoms. The van der Waals surface area contributed by atoms with Crippen molar-refractivity contribution in [3.63, 3.8) is 0 Å². The molecule has 9 nitrogen and oxygen atoms in total. The highest BCUT2D eigenvalue weighted by Crippen LogP contribution is 2.39. The van der Waals surface area contributed by atoms with Crippen LogP contribution in [0.15, 0.2) is 42.5 Å². The van der Waals surface area contributed by atoms with Gasteiger partial charge < -0.3 is 29.7 Å². The third-order valence-corrected chi connectivity index (χ3v) is 5.41. The Morgan fingerprint density at radius 2 is 1.73 bits per heavy atom. The van der Waals surface area contributed by atoms with Crippen LogP contribution in [0.1, 0.15) is 31.9 Å². The molecule has 1 aliphatic heterocycles. The molecular formula is C26H26F6N4O5. The molecule has 0 saturated carbocycles.